The lowest BCUT2D eigenvalue weighted by Gasteiger charge is -2.27. The van der Waals surface area contributed by atoms with Gasteiger partial charge in [-0.25, -0.2) is 4.39 Å². The van der Waals surface area contributed by atoms with Gasteiger partial charge < -0.3 is 4.74 Å². The van der Waals surface area contributed by atoms with E-state index in [2.05, 4.69) is 42.1 Å². The third-order valence-corrected chi connectivity index (χ3v) is 5.09. The Bertz CT molecular complexity index is 456. The first kappa shape index (κ1) is 16.9. The van der Waals surface area contributed by atoms with Gasteiger partial charge in [-0.1, -0.05) is 44.0 Å². The number of carbonyl (C=O) groups excluding carboxylic acids is 1. The normalized spacial score (nSPS) is 13.9. The molecule has 1 aromatic carbocycles. The largest absolute Gasteiger partial charge is 0.463 e. The molecule has 0 heterocycles. The van der Waals surface area contributed by atoms with E-state index in [1.54, 1.807) is 19.1 Å². The fourth-order valence-corrected chi connectivity index (χ4v) is 3.19. The van der Waals surface area contributed by atoms with Gasteiger partial charge in [0.05, 0.1) is 16.7 Å². The Labute approximate surface area is 132 Å². The monoisotopic (exact) mass is 407 g/mol. The fourth-order valence-electron chi connectivity index (χ4n) is 1.55. The Kier molecular flexibility index (Phi) is 6.69. The number of alkyl halides is 2. The van der Waals surface area contributed by atoms with E-state index in [-0.39, 0.29) is 18.2 Å². The second-order valence-corrected chi connectivity index (χ2v) is 6.51. The molecule has 3 radical (unpaired) electrons. The molecule has 1 atom stereocenters. The molecule has 2 nitrogen and oxygen atoms in total. The van der Waals surface area contributed by atoms with Crippen LogP contribution in [0, 0.1) is 12.7 Å². The summed E-state index contributed by atoms with van der Waals surface area (Å²) in [4.78, 5) is 11.9. The van der Waals surface area contributed by atoms with Crippen molar-refractivity contribution < 1.29 is 13.9 Å². The first-order valence-electron chi connectivity index (χ1n) is 5.74. The van der Waals surface area contributed by atoms with Crippen LogP contribution in [0.5, 0.6) is 0 Å². The number of benzene rings is 1. The summed E-state index contributed by atoms with van der Waals surface area (Å²) in [7, 11) is 3.45. The van der Waals surface area contributed by atoms with Gasteiger partial charge in [-0.15, -0.1) is 0 Å². The van der Waals surface area contributed by atoms with Gasteiger partial charge in [-0.05, 0) is 30.5 Å². The predicted molar refractivity (Wildman–Crippen MR) is 81.6 cm³/mol. The maximum Gasteiger partial charge on any atom is 0.310 e. The molecule has 0 saturated carbocycles. The first-order chi connectivity index (χ1) is 8.91. The van der Waals surface area contributed by atoms with Crippen LogP contribution in [0.15, 0.2) is 18.2 Å². The van der Waals surface area contributed by atoms with Crippen LogP contribution < -0.4 is 0 Å². The Morgan fingerprint density at radius 1 is 1.47 bits per heavy atom. The highest BCUT2D eigenvalue weighted by Gasteiger charge is 2.27. The van der Waals surface area contributed by atoms with E-state index in [4.69, 9.17) is 4.74 Å². The summed E-state index contributed by atoms with van der Waals surface area (Å²) in [5, 5.41) is 0.451. The molecule has 1 aromatic rings. The standard InChI is InChI=1S/C13H14Br2FO2Si/c1-9-10(3-2-4-11(9)16)7-12(17)18-13(19,8-15)5-6-14/h2-4H,5-8H2,1H3/t13-/m0/s1. The van der Waals surface area contributed by atoms with Gasteiger partial charge in [0, 0.05) is 10.7 Å². The van der Waals surface area contributed by atoms with Crippen LogP contribution in [0.4, 0.5) is 4.39 Å². The topological polar surface area (TPSA) is 26.3 Å². The van der Waals surface area contributed by atoms with Crippen molar-refractivity contribution in [1.29, 1.82) is 0 Å². The van der Waals surface area contributed by atoms with Gasteiger partial charge in [-0.2, -0.15) is 0 Å². The smallest absolute Gasteiger partial charge is 0.310 e. The van der Waals surface area contributed by atoms with Gasteiger partial charge in [-0.3, -0.25) is 4.79 Å². The van der Waals surface area contributed by atoms with Crippen molar-refractivity contribution in [1.82, 2.24) is 0 Å². The number of carbonyl (C=O) groups is 1. The molecule has 0 unspecified atom stereocenters. The second-order valence-electron chi connectivity index (χ2n) is 4.24. The van der Waals surface area contributed by atoms with Crippen molar-refractivity contribution >= 4 is 48.1 Å². The van der Waals surface area contributed by atoms with Crippen molar-refractivity contribution in [3.63, 3.8) is 0 Å². The summed E-state index contributed by atoms with van der Waals surface area (Å²) in [5.74, 6) is -0.694. The molecule has 103 valence electrons. The Morgan fingerprint density at radius 3 is 2.74 bits per heavy atom. The Hall–Kier alpha value is -0.203. The van der Waals surface area contributed by atoms with E-state index < -0.39 is 5.22 Å². The SMILES string of the molecule is Cc1c(F)cccc1CC(=O)O[C@@]([Si])(CBr)CCBr. The molecule has 19 heavy (non-hydrogen) atoms. The highest BCUT2D eigenvalue weighted by Crippen LogP contribution is 2.19. The lowest BCUT2D eigenvalue weighted by molar-refractivity contribution is -0.150. The molecule has 0 aliphatic heterocycles. The Balaban J connectivity index is 2.72. The fraction of sp³-hybridized carbons (Fsp3) is 0.462. The average molecular weight is 409 g/mol. The van der Waals surface area contributed by atoms with Crippen LogP contribution in [0.2, 0.25) is 0 Å². The summed E-state index contributed by atoms with van der Waals surface area (Å²) in [5.41, 5.74) is 1.13. The predicted octanol–water partition coefficient (Wildman–Crippen LogP) is 3.26. The number of hydrogen-bond donors (Lipinski definition) is 0. The molecule has 0 saturated heterocycles. The van der Waals surface area contributed by atoms with E-state index in [0.29, 0.717) is 28.2 Å². The molecular weight excluding hydrogens is 395 g/mol. The van der Waals surface area contributed by atoms with E-state index in [1.807, 2.05) is 0 Å². The molecule has 0 aliphatic rings. The van der Waals surface area contributed by atoms with Crippen LogP contribution in [0.25, 0.3) is 0 Å². The van der Waals surface area contributed by atoms with E-state index in [0.717, 1.165) is 0 Å². The maximum atomic E-state index is 13.4. The van der Waals surface area contributed by atoms with Crippen molar-refractivity contribution in [3.8, 4) is 0 Å². The molecule has 1 rings (SSSR count). The van der Waals surface area contributed by atoms with Crippen molar-refractivity contribution in [2.24, 2.45) is 0 Å². The van der Waals surface area contributed by atoms with Gasteiger partial charge in [0.1, 0.15) is 11.0 Å². The quantitative estimate of drug-likeness (QED) is 0.410. The average Bonchev–Trinajstić information content (AvgIpc) is 2.35. The van der Waals surface area contributed by atoms with Gasteiger partial charge in [0.25, 0.3) is 0 Å². The van der Waals surface area contributed by atoms with Crippen molar-refractivity contribution in [2.45, 2.75) is 25.0 Å². The second kappa shape index (κ2) is 7.55. The minimum Gasteiger partial charge on any atom is -0.463 e. The summed E-state index contributed by atoms with van der Waals surface area (Å²) in [6.07, 6.45) is 0.689. The third kappa shape index (κ3) is 5.00. The number of esters is 1. The van der Waals surface area contributed by atoms with E-state index in [9.17, 15) is 9.18 Å². The van der Waals surface area contributed by atoms with Crippen molar-refractivity contribution in [3.05, 3.63) is 35.1 Å². The highest BCUT2D eigenvalue weighted by molar-refractivity contribution is 9.09. The lowest BCUT2D eigenvalue weighted by Crippen LogP contribution is -2.38. The van der Waals surface area contributed by atoms with Gasteiger partial charge in [0.2, 0.25) is 0 Å². The molecule has 0 aromatic heterocycles. The molecule has 0 aliphatic carbocycles. The zero-order valence-electron chi connectivity index (χ0n) is 10.5. The minimum atomic E-state index is -0.734. The van der Waals surface area contributed by atoms with Crippen LogP contribution >= 0.6 is 31.9 Å². The Morgan fingerprint density at radius 2 is 2.16 bits per heavy atom. The highest BCUT2D eigenvalue weighted by atomic mass is 79.9. The molecule has 0 amide bonds. The molecule has 6 heteroatoms. The number of ether oxygens (including phenoxy) is 1. The third-order valence-electron chi connectivity index (χ3n) is 2.74. The van der Waals surface area contributed by atoms with Crippen molar-refractivity contribution in [2.75, 3.05) is 10.7 Å². The van der Waals surface area contributed by atoms with Gasteiger partial charge in [0.15, 0.2) is 0 Å². The first-order valence-corrected chi connectivity index (χ1v) is 8.49. The molecule has 0 bridgehead atoms. The van der Waals surface area contributed by atoms with E-state index >= 15 is 0 Å². The molecule has 0 N–H and O–H groups in total. The molecular formula is C13H14Br2FO2Si. The van der Waals surface area contributed by atoms with Crippen LogP contribution in [-0.4, -0.2) is 32.1 Å². The van der Waals surface area contributed by atoms with Crippen LogP contribution in [0.3, 0.4) is 0 Å². The minimum absolute atomic E-state index is 0.0606. The number of hydrogen-bond acceptors (Lipinski definition) is 2. The summed E-state index contributed by atoms with van der Waals surface area (Å²) < 4.78 is 18.8. The summed E-state index contributed by atoms with van der Waals surface area (Å²) >= 11 is 6.62. The zero-order chi connectivity index (χ0) is 14.5. The zero-order valence-corrected chi connectivity index (χ0v) is 14.7. The van der Waals surface area contributed by atoms with Gasteiger partial charge >= 0.3 is 5.97 Å². The van der Waals surface area contributed by atoms with Crippen LogP contribution in [0.1, 0.15) is 17.5 Å². The number of halogens is 3. The number of rotatable bonds is 6. The van der Waals surface area contributed by atoms with Crippen LogP contribution in [-0.2, 0) is 16.0 Å². The maximum absolute atomic E-state index is 13.4. The summed E-state index contributed by atoms with van der Waals surface area (Å²) in [6.45, 7) is 1.65. The molecule has 0 fully saturated rings. The molecule has 0 spiro atoms. The van der Waals surface area contributed by atoms with E-state index in [1.165, 1.54) is 6.07 Å². The lowest BCUT2D eigenvalue weighted by atomic mass is 10.1. The summed E-state index contributed by atoms with van der Waals surface area (Å²) in [6, 6.07) is 4.70.